The Balaban J connectivity index is 2.22. The summed E-state index contributed by atoms with van der Waals surface area (Å²) in [7, 11) is -3.40. The summed E-state index contributed by atoms with van der Waals surface area (Å²) in [5, 5.41) is 0. The van der Waals surface area contributed by atoms with Crippen LogP contribution in [0.5, 0.6) is 0 Å². The molecule has 1 heterocycles. The van der Waals surface area contributed by atoms with Gasteiger partial charge >= 0.3 is 0 Å². The molecule has 1 aliphatic rings. The first-order chi connectivity index (χ1) is 10.3. The van der Waals surface area contributed by atoms with Gasteiger partial charge in [-0.05, 0) is 37.8 Å². The van der Waals surface area contributed by atoms with E-state index in [1.807, 2.05) is 38.1 Å². The quantitative estimate of drug-likeness (QED) is 0.833. The molecule has 1 aromatic carbocycles. The van der Waals surface area contributed by atoms with Crippen molar-refractivity contribution in [3.63, 3.8) is 0 Å². The number of sulfonamides is 1. The van der Waals surface area contributed by atoms with E-state index in [1.165, 1.54) is 4.31 Å². The first kappa shape index (κ1) is 17.0. The summed E-state index contributed by atoms with van der Waals surface area (Å²) < 4.78 is 25.2. The van der Waals surface area contributed by atoms with Gasteiger partial charge in [0, 0.05) is 18.3 Å². The molecule has 1 atom stereocenters. The molecule has 6 heteroatoms. The molecule has 22 heavy (non-hydrogen) atoms. The lowest BCUT2D eigenvalue weighted by Crippen LogP contribution is -2.47. The second-order valence-corrected chi connectivity index (χ2v) is 7.78. The minimum Gasteiger partial charge on any atom is -0.311 e. The zero-order valence-corrected chi connectivity index (χ0v) is 14.3. The fourth-order valence-corrected chi connectivity index (χ4v) is 3.96. The van der Waals surface area contributed by atoms with Crippen molar-refractivity contribution in [2.24, 2.45) is 0 Å². The van der Waals surface area contributed by atoms with Crippen molar-refractivity contribution >= 4 is 21.6 Å². The molecule has 0 fully saturated rings. The van der Waals surface area contributed by atoms with Gasteiger partial charge in [0.15, 0.2) is 0 Å². The lowest BCUT2D eigenvalue weighted by molar-refractivity contribution is -0.119. The van der Waals surface area contributed by atoms with Crippen LogP contribution in [0.2, 0.25) is 0 Å². The van der Waals surface area contributed by atoms with E-state index in [-0.39, 0.29) is 18.5 Å². The first-order valence-electron chi connectivity index (χ1n) is 7.69. The van der Waals surface area contributed by atoms with Crippen molar-refractivity contribution in [3.8, 4) is 0 Å². The van der Waals surface area contributed by atoms with E-state index in [4.69, 9.17) is 0 Å². The van der Waals surface area contributed by atoms with E-state index in [0.717, 1.165) is 30.3 Å². The van der Waals surface area contributed by atoms with Gasteiger partial charge in [0.2, 0.25) is 15.9 Å². The lowest BCUT2D eigenvalue weighted by atomic mass is 10.0. The van der Waals surface area contributed by atoms with Crippen LogP contribution in [0.1, 0.15) is 32.3 Å². The topological polar surface area (TPSA) is 57.7 Å². The highest BCUT2D eigenvalue weighted by atomic mass is 32.2. The van der Waals surface area contributed by atoms with E-state index in [1.54, 1.807) is 4.90 Å². The number of hydrogen-bond acceptors (Lipinski definition) is 3. The molecule has 0 saturated heterocycles. The smallest absolute Gasteiger partial charge is 0.242 e. The second-order valence-electron chi connectivity index (χ2n) is 5.84. The Morgan fingerprint density at radius 1 is 1.36 bits per heavy atom. The average molecular weight is 324 g/mol. The summed E-state index contributed by atoms with van der Waals surface area (Å²) >= 11 is 0. The van der Waals surface area contributed by atoms with Crippen LogP contribution in [0.15, 0.2) is 24.3 Å². The third-order valence-corrected chi connectivity index (χ3v) is 5.55. The predicted octanol–water partition coefficient (Wildman–Crippen LogP) is 2.03. The summed E-state index contributed by atoms with van der Waals surface area (Å²) in [5.74, 6) is -0.155. The van der Waals surface area contributed by atoms with Crippen molar-refractivity contribution in [2.75, 3.05) is 24.2 Å². The van der Waals surface area contributed by atoms with E-state index in [9.17, 15) is 13.2 Å². The molecule has 122 valence electrons. The number of carbonyl (C=O) groups is 1. The van der Waals surface area contributed by atoms with E-state index >= 15 is 0 Å². The Morgan fingerprint density at radius 2 is 2.05 bits per heavy atom. The number of anilines is 1. The molecule has 0 N–H and O–H groups in total. The standard InChI is InChI=1S/C16H24N2O3S/c1-4-13(2)18(22(3,20)21)12-16(19)17-11-7-9-14-8-5-6-10-15(14)17/h5-6,8,10,13H,4,7,9,11-12H2,1-3H3. The van der Waals surface area contributed by atoms with Gasteiger partial charge in [-0.3, -0.25) is 4.79 Å². The van der Waals surface area contributed by atoms with Crippen LogP contribution in [-0.4, -0.2) is 44.0 Å². The van der Waals surface area contributed by atoms with Gasteiger partial charge < -0.3 is 4.90 Å². The van der Waals surface area contributed by atoms with Crippen LogP contribution < -0.4 is 4.90 Å². The molecule has 0 aromatic heterocycles. The maximum Gasteiger partial charge on any atom is 0.242 e. The number of carbonyl (C=O) groups excluding carboxylic acids is 1. The lowest BCUT2D eigenvalue weighted by Gasteiger charge is -2.32. The fourth-order valence-electron chi connectivity index (χ4n) is 2.81. The van der Waals surface area contributed by atoms with Gasteiger partial charge in [-0.2, -0.15) is 4.31 Å². The Labute approximate surface area is 133 Å². The SMILES string of the molecule is CCC(C)N(CC(=O)N1CCCc2ccccc21)S(C)(=O)=O. The van der Waals surface area contributed by atoms with Crippen LogP contribution in [0, 0.1) is 0 Å². The van der Waals surface area contributed by atoms with Crippen molar-refractivity contribution < 1.29 is 13.2 Å². The van der Waals surface area contributed by atoms with Crippen LogP contribution >= 0.6 is 0 Å². The third kappa shape index (κ3) is 3.67. The van der Waals surface area contributed by atoms with E-state index < -0.39 is 10.0 Å². The molecular formula is C16H24N2O3S. The van der Waals surface area contributed by atoms with Crippen LogP contribution in [0.25, 0.3) is 0 Å². The molecule has 1 amide bonds. The van der Waals surface area contributed by atoms with Gasteiger partial charge in [-0.1, -0.05) is 25.1 Å². The number of fused-ring (bicyclic) bond motifs is 1. The number of rotatable bonds is 5. The first-order valence-corrected chi connectivity index (χ1v) is 9.54. The zero-order chi connectivity index (χ0) is 16.3. The monoisotopic (exact) mass is 324 g/mol. The maximum atomic E-state index is 12.7. The van der Waals surface area contributed by atoms with Crippen LogP contribution in [0.4, 0.5) is 5.69 Å². The Kier molecular flexibility index (Phi) is 5.24. The summed E-state index contributed by atoms with van der Waals surface area (Å²) in [5.41, 5.74) is 2.06. The number of para-hydroxylation sites is 1. The number of hydrogen-bond donors (Lipinski definition) is 0. The molecule has 0 bridgehead atoms. The van der Waals surface area contributed by atoms with E-state index in [2.05, 4.69) is 0 Å². The van der Waals surface area contributed by atoms with E-state index in [0.29, 0.717) is 13.0 Å². The van der Waals surface area contributed by atoms with Crippen LogP contribution in [0.3, 0.4) is 0 Å². The van der Waals surface area contributed by atoms with Gasteiger partial charge in [0.05, 0.1) is 12.8 Å². The maximum absolute atomic E-state index is 12.7. The number of benzene rings is 1. The van der Waals surface area contributed by atoms with Crippen LogP contribution in [-0.2, 0) is 21.2 Å². The molecule has 0 spiro atoms. The number of nitrogens with zero attached hydrogens (tertiary/aromatic N) is 2. The summed E-state index contributed by atoms with van der Waals surface area (Å²) in [4.78, 5) is 14.4. The number of aryl methyl sites for hydroxylation is 1. The predicted molar refractivity (Wildman–Crippen MR) is 88.4 cm³/mol. The van der Waals surface area contributed by atoms with Gasteiger partial charge in [-0.15, -0.1) is 0 Å². The third-order valence-electron chi connectivity index (χ3n) is 4.21. The number of amides is 1. The minimum atomic E-state index is -3.40. The van der Waals surface area contributed by atoms with Crippen molar-refractivity contribution in [2.45, 2.75) is 39.2 Å². The van der Waals surface area contributed by atoms with Crippen molar-refractivity contribution in [1.29, 1.82) is 0 Å². The summed E-state index contributed by atoms with van der Waals surface area (Å²) in [6.45, 7) is 4.30. The van der Waals surface area contributed by atoms with Crippen molar-refractivity contribution in [3.05, 3.63) is 29.8 Å². The molecule has 2 rings (SSSR count). The Morgan fingerprint density at radius 3 is 2.68 bits per heavy atom. The summed E-state index contributed by atoms with van der Waals surface area (Å²) in [6, 6.07) is 7.65. The van der Waals surface area contributed by atoms with Gasteiger partial charge in [0.25, 0.3) is 0 Å². The fraction of sp³-hybridized carbons (Fsp3) is 0.562. The molecule has 5 nitrogen and oxygen atoms in total. The molecule has 0 radical (unpaired) electrons. The molecule has 0 saturated carbocycles. The van der Waals surface area contributed by atoms with Gasteiger partial charge in [0.1, 0.15) is 0 Å². The molecular weight excluding hydrogens is 300 g/mol. The van der Waals surface area contributed by atoms with Crippen molar-refractivity contribution in [1.82, 2.24) is 4.31 Å². The Bertz CT molecular complexity index is 643. The highest BCUT2D eigenvalue weighted by Crippen LogP contribution is 2.27. The second kappa shape index (κ2) is 6.79. The highest BCUT2D eigenvalue weighted by Gasteiger charge is 2.29. The molecule has 1 aliphatic heterocycles. The zero-order valence-electron chi connectivity index (χ0n) is 13.4. The average Bonchev–Trinajstić information content (AvgIpc) is 2.50. The largest absolute Gasteiger partial charge is 0.311 e. The highest BCUT2D eigenvalue weighted by molar-refractivity contribution is 7.88. The summed E-state index contributed by atoms with van der Waals surface area (Å²) in [6.07, 6.45) is 3.71. The molecule has 1 aromatic rings. The molecule has 1 unspecified atom stereocenters. The normalized spacial score (nSPS) is 16.5. The minimum absolute atomic E-state index is 0.0951. The molecule has 0 aliphatic carbocycles. The van der Waals surface area contributed by atoms with Gasteiger partial charge in [-0.25, -0.2) is 8.42 Å². The Hall–Kier alpha value is -1.40.